The Bertz CT molecular complexity index is 459. The summed E-state index contributed by atoms with van der Waals surface area (Å²) in [6.45, 7) is -0.0626. The van der Waals surface area contributed by atoms with Crippen LogP contribution in [0.15, 0.2) is 30.3 Å². The van der Waals surface area contributed by atoms with Gasteiger partial charge in [0.25, 0.3) is 10.2 Å². The molecular weight excluding hydrogens is 252 g/mol. The minimum absolute atomic E-state index is 0.0626. The van der Waals surface area contributed by atoms with Crippen molar-refractivity contribution in [2.45, 2.75) is 12.5 Å². The van der Waals surface area contributed by atoms with E-state index in [2.05, 4.69) is 0 Å². The molecule has 102 valence electrons. The highest BCUT2D eigenvalue weighted by atomic mass is 32.2. The predicted octanol–water partition coefficient (Wildman–Crippen LogP) is 0.848. The fraction of sp³-hybridized carbons (Fsp3) is 0.500. The van der Waals surface area contributed by atoms with Crippen molar-refractivity contribution in [2.24, 2.45) is 0 Å². The molecule has 0 saturated heterocycles. The number of nitrogens with zero attached hydrogens (tertiary/aromatic N) is 2. The van der Waals surface area contributed by atoms with Crippen molar-refractivity contribution in [1.82, 2.24) is 8.61 Å². The maximum absolute atomic E-state index is 12.1. The minimum atomic E-state index is -3.49. The molecular formula is C12H20N2O3S. The average molecular weight is 272 g/mol. The van der Waals surface area contributed by atoms with Crippen LogP contribution in [0.3, 0.4) is 0 Å². The van der Waals surface area contributed by atoms with Gasteiger partial charge in [0.05, 0.1) is 6.04 Å². The zero-order valence-electron chi connectivity index (χ0n) is 10.9. The van der Waals surface area contributed by atoms with Crippen LogP contribution in [0.1, 0.15) is 18.0 Å². The van der Waals surface area contributed by atoms with E-state index in [1.807, 2.05) is 30.3 Å². The second-order valence-electron chi connectivity index (χ2n) is 4.25. The van der Waals surface area contributed by atoms with Crippen molar-refractivity contribution < 1.29 is 13.5 Å². The summed E-state index contributed by atoms with van der Waals surface area (Å²) < 4.78 is 26.6. The van der Waals surface area contributed by atoms with E-state index >= 15 is 0 Å². The highest BCUT2D eigenvalue weighted by molar-refractivity contribution is 7.86. The van der Waals surface area contributed by atoms with Gasteiger partial charge in [0.15, 0.2) is 0 Å². The van der Waals surface area contributed by atoms with Gasteiger partial charge in [-0.1, -0.05) is 30.3 Å². The van der Waals surface area contributed by atoms with Crippen molar-refractivity contribution in [3.05, 3.63) is 35.9 Å². The van der Waals surface area contributed by atoms with Crippen LogP contribution in [0.25, 0.3) is 0 Å². The Hall–Kier alpha value is -0.950. The summed E-state index contributed by atoms with van der Waals surface area (Å²) in [5.41, 5.74) is 0.875. The minimum Gasteiger partial charge on any atom is -0.396 e. The van der Waals surface area contributed by atoms with E-state index < -0.39 is 10.2 Å². The highest BCUT2D eigenvalue weighted by Gasteiger charge is 2.28. The van der Waals surface area contributed by atoms with E-state index in [0.717, 1.165) is 5.56 Å². The molecule has 0 radical (unpaired) electrons. The first-order valence-corrected chi connectivity index (χ1v) is 7.12. The quantitative estimate of drug-likeness (QED) is 0.835. The molecule has 1 aromatic carbocycles. The van der Waals surface area contributed by atoms with Crippen LogP contribution in [-0.2, 0) is 10.2 Å². The van der Waals surface area contributed by atoms with Crippen LogP contribution in [0.2, 0.25) is 0 Å². The van der Waals surface area contributed by atoms with Crippen LogP contribution in [-0.4, -0.2) is 49.9 Å². The molecule has 0 spiro atoms. The molecule has 1 rings (SSSR count). The van der Waals surface area contributed by atoms with Crippen LogP contribution in [0, 0.1) is 0 Å². The highest BCUT2D eigenvalue weighted by Crippen LogP contribution is 2.25. The summed E-state index contributed by atoms with van der Waals surface area (Å²) in [4.78, 5) is 0. The number of benzene rings is 1. The van der Waals surface area contributed by atoms with Gasteiger partial charge in [0, 0.05) is 27.7 Å². The van der Waals surface area contributed by atoms with E-state index in [-0.39, 0.29) is 12.6 Å². The number of hydrogen-bond acceptors (Lipinski definition) is 3. The lowest BCUT2D eigenvalue weighted by Gasteiger charge is -2.29. The molecule has 1 unspecified atom stereocenters. The van der Waals surface area contributed by atoms with Gasteiger partial charge in [-0.3, -0.25) is 0 Å². The molecule has 0 fully saturated rings. The Morgan fingerprint density at radius 3 is 2.17 bits per heavy atom. The van der Waals surface area contributed by atoms with Crippen molar-refractivity contribution in [3.63, 3.8) is 0 Å². The first kappa shape index (κ1) is 15.1. The fourth-order valence-corrected chi connectivity index (χ4v) is 2.84. The van der Waals surface area contributed by atoms with E-state index in [0.29, 0.717) is 6.42 Å². The van der Waals surface area contributed by atoms with E-state index in [9.17, 15) is 8.42 Å². The van der Waals surface area contributed by atoms with Crippen LogP contribution in [0.5, 0.6) is 0 Å². The lowest BCUT2D eigenvalue weighted by Crippen LogP contribution is -2.40. The smallest absolute Gasteiger partial charge is 0.281 e. The predicted molar refractivity (Wildman–Crippen MR) is 71.3 cm³/mol. The molecule has 0 bridgehead atoms. The Kier molecular flexibility index (Phi) is 5.28. The molecule has 0 amide bonds. The van der Waals surface area contributed by atoms with E-state index in [1.165, 1.54) is 29.8 Å². The standard InChI is InChI=1S/C12H20N2O3S/c1-13(2)18(16,17)14(3)12(9-10-15)11-7-5-4-6-8-11/h4-8,12,15H,9-10H2,1-3H3. The number of rotatable bonds is 6. The first-order chi connectivity index (χ1) is 8.41. The molecule has 0 aliphatic heterocycles. The van der Waals surface area contributed by atoms with E-state index in [1.54, 1.807) is 0 Å². The maximum Gasteiger partial charge on any atom is 0.281 e. The number of hydrogen-bond donors (Lipinski definition) is 1. The summed E-state index contributed by atoms with van der Waals surface area (Å²) in [6, 6.07) is 8.96. The zero-order valence-corrected chi connectivity index (χ0v) is 11.8. The van der Waals surface area contributed by atoms with Crippen LogP contribution in [0.4, 0.5) is 0 Å². The van der Waals surface area contributed by atoms with Crippen LogP contribution >= 0.6 is 0 Å². The molecule has 1 atom stereocenters. The van der Waals surface area contributed by atoms with Crippen molar-refractivity contribution >= 4 is 10.2 Å². The van der Waals surface area contributed by atoms with E-state index in [4.69, 9.17) is 5.11 Å². The molecule has 18 heavy (non-hydrogen) atoms. The first-order valence-electron chi connectivity index (χ1n) is 5.72. The molecule has 5 nitrogen and oxygen atoms in total. The third-order valence-electron chi connectivity index (χ3n) is 2.85. The molecule has 0 saturated carbocycles. The summed E-state index contributed by atoms with van der Waals surface area (Å²) >= 11 is 0. The largest absolute Gasteiger partial charge is 0.396 e. The number of aliphatic hydroxyl groups is 1. The number of aliphatic hydroxyl groups excluding tert-OH is 1. The summed E-state index contributed by atoms with van der Waals surface area (Å²) in [6.07, 6.45) is 0.369. The van der Waals surface area contributed by atoms with Crippen molar-refractivity contribution in [2.75, 3.05) is 27.7 Å². The van der Waals surface area contributed by atoms with Gasteiger partial charge >= 0.3 is 0 Å². The lowest BCUT2D eigenvalue weighted by atomic mass is 10.0. The third-order valence-corrected chi connectivity index (χ3v) is 4.76. The summed E-state index contributed by atoms with van der Waals surface area (Å²) in [7, 11) is 1.03. The van der Waals surface area contributed by atoms with Gasteiger partial charge in [-0.15, -0.1) is 0 Å². The molecule has 1 N–H and O–H groups in total. The monoisotopic (exact) mass is 272 g/mol. The average Bonchev–Trinajstić information content (AvgIpc) is 2.36. The Morgan fingerprint density at radius 1 is 1.17 bits per heavy atom. The topological polar surface area (TPSA) is 60.9 Å². The van der Waals surface area contributed by atoms with Gasteiger partial charge in [0.2, 0.25) is 0 Å². The van der Waals surface area contributed by atoms with Crippen LogP contribution < -0.4 is 0 Å². The molecule has 0 aromatic heterocycles. The molecule has 6 heteroatoms. The Morgan fingerprint density at radius 2 is 1.72 bits per heavy atom. The van der Waals surface area contributed by atoms with Crippen molar-refractivity contribution in [3.8, 4) is 0 Å². The second kappa shape index (κ2) is 6.29. The summed E-state index contributed by atoms with van der Waals surface area (Å²) in [5.74, 6) is 0. The van der Waals surface area contributed by atoms with Gasteiger partial charge in [0.1, 0.15) is 0 Å². The normalized spacial score (nSPS) is 14.1. The van der Waals surface area contributed by atoms with Gasteiger partial charge in [-0.25, -0.2) is 0 Å². The molecule has 0 aliphatic carbocycles. The Labute approximate surface area is 109 Å². The Balaban J connectivity index is 3.07. The fourth-order valence-electron chi connectivity index (χ4n) is 1.77. The van der Waals surface area contributed by atoms with Gasteiger partial charge in [-0.2, -0.15) is 17.0 Å². The molecule has 0 aliphatic rings. The second-order valence-corrected chi connectivity index (χ2v) is 6.45. The SMILES string of the molecule is CN(C)S(=O)(=O)N(C)C(CCO)c1ccccc1. The lowest BCUT2D eigenvalue weighted by molar-refractivity contribution is 0.235. The zero-order chi connectivity index (χ0) is 13.8. The maximum atomic E-state index is 12.1. The third kappa shape index (κ3) is 3.29. The molecule has 0 heterocycles. The summed E-state index contributed by atoms with van der Waals surface area (Å²) in [5, 5.41) is 9.12. The molecule has 1 aromatic rings. The van der Waals surface area contributed by atoms with Crippen molar-refractivity contribution in [1.29, 1.82) is 0 Å². The van der Waals surface area contributed by atoms with Gasteiger partial charge < -0.3 is 5.11 Å². The van der Waals surface area contributed by atoms with Gasteiger partial charge in [-0.05, 0) is 12.0 Å².